The quantitative estimate of drug-likeness (QED) is 0.709. The second kappa shape index (κ2) is 5.77. The van der Waals surface area contributed by atoms with E-state index in [4.69, 9.17) is 5.11 Å². The Morgan fingerprint density at radius 2 is 1.89 bits per heavy atom. The van der Waals surface area contributed by atoms with Crippen molar-refractivity contribution in [3.63, 3.8) is 0 Å². The SMILES string of the molecule is CC(CCC(=O)O)NC(=O)N1C2CCC1CC(O)C2. The largest absolute Gasteiger partial charge is 0.481 e. The van der Waals surface area contributed by atoms with E-state index in [0.717, 1.165) is 12.8 Å². The molecule has 108 valence electrons. The van der Waals surface area contributed by atoms with Gasteiger partial charge in [-0.25, -0.2) is 4.79 Å². The second-order valence-electron chi connectivity index (χ2n) is 5.70. The number of nitrogens with zero attached hydrogens (tertiary/aromatic N) is 1. The molecule has 0 spiro atoms. The van der Waals surface area contributed by atoms with E-state index in [1.165, 1.54) is 0 Å². The lowest BCUT2D eigenvalue weighted by Gasteiger charge is -2.37. The topological polar surface area (TPSA) is 89.9 Å². The summed E-state index contributed by atoms with van der Waals surface area (Å²) in [6, 6.07) is 0.0213. The van der Waals surface area contributed by atoms with Gasteiger partial charge < -0.3 is 20.4 Å². The molecule has 2 bridgehead atoms. The fourth-order valence-electron chi connectivity index (χ4n) is 3.18. The fourth-order valence-corrected chi connectivity index (χ4v) is 3.18. The number of carbonyl (C=O) groups is 2. The maximum absolute atomic E-state index is 12.2. The van der Waals surface area contributed by atoms with Gasteiger partial charge in [0.1, 0.15) is 0 Å². The molecule has 0 saturated carbocycles. The van der Waals surface area contributed by atoms with Gasteiger partial charge in [0.15, 0.2) is 0 Å². The van der Waals surface area contributed by atoms with Gasteiger partial charge in [-0.05, 0) is 39.0 Å². The number of piperidine rings is 1. The number of rotatable bonds is 4. The predicted octanol–water partition coefficient (Wildman–Crippen LogP) is 0.937. The number of carboxylic acids is 1. The van der Waals surface area contributed by atoms with Crippen molar-refractivity contribution in [3.05, 3.63) is 0 Å². The molecular formula is C13H22N2O4. The molecule has 19 heavy (non-hydrogen) atoms. The first kappa shape index (κ1) is 14.1. The maximum Gasteiger partial charge on any atom is 0.318 e. The maximum atomic E-state index is 12.2. The molecule has 2 aliphatic heterocycles. The summed E-state index contributed by atoms with van der Waals surface area (Å²) in [6.45, 7) is 1.82. The smallest absolute Gasteiger partial charge is 0.318 e. The van der Waals surface area contributed by atoms with Crippen LogP contribution in [0.4, 0.5) is 4.79 Å². The average Bonchev–Trinajstić information content (AvgIpc) is 2.59. The van der Waals surface area contributed by atoms with E-state index in [1.54, 1.807) is 0 Å². The summed E-state index contributed by atoms with van der Waals surface area (Å²) < 4.78 is 0. The molecule has 0 aliphatic carbocycles. The zero-order chi connectivity index (χ0) is 14.0. The highest BCUT2D eigenvalue weighted by Gasteiger charge is 2.42. The summed E-state index contributed by atoms with van der Waals surface area (Å²) in [5.41, 5.74) is 0. The second-order valence-corrected chi connectivity index (χ2v) is 5.70. The van der Waals surface area contributed by atoms with Crippen LogP contribution in [0, 0.1) is 0 Å². The Bertz CT molecular complexity index is 347. The third-order valence-electron chi connectivity index (χ3n) is 4.10. The molecule has 6 heteroatoms. The van der Waals surface area contributed by atoms with Crippen LogP contribution in [0.1, 0.15) is 45.4 Å². The van der Waals surface area contributed by atoms with E-state index in [2.05, 4.69) is 5.32 Å². The van der Waals surface area contributed by atoms with Crippen LogP contribution in [-0.2, 0) is 4.79 Å². The van der Waals surface area contributed by atoms with Gasteiger partial charge >= 0.3 is 12.0 Å². The number of nitrogens with one attached hydrogen (secondary N) is 1. The van der Waals surface area contributed by atoms with E-state index >= 15 is 0 Å². The van der Waals surface area contributed by atoms with Crippen LogP contribution in [0.5, 0.6) is 0 Å². The summed E-state index contributed by atoms with van der Waals surface area (Å²) in [4.78, 5) is 24.5. The van der Waals surface area contributed by atoms with Crippen LogP contribution in [0.3, 0.4) is 0 Å². The number of aliphatic carboxylic acids is 1. The predicted molar refractivity (Wildman–Crippen MR) is 68.8 cm³/mol. The number of urea groups is 1. The van der Waals surface area contributed by atoms with Gasteiger partial charge in [-0.1, -0.05) is 0 Å². The number of hydrogen-bond donors (Lipinski definition) is 3. The molecule has 2 rings (SSSR count). The fraction of sp³-hybridized carbons (Fsp3) is 0.846. The monoisotopic (exact) mass is 270 g/mol. The van der Waals surface area contributed by atoms with Gasteiger partial charge in [-0.2, -0.15) is 0 Å². The zero-order valence-electron chi connectivity index (χ0n) is 11.2. The van der Waals surface area contributed by atoms with Crippen molar-refractivity contribution in [3.8, 4) is 0 Å². The lowest BCUT2D eigenvalue weighted by Crippen LogP contribution is -2.53. The minimum absolute atomic E-state index is 0.0625. The van der Waals surface area contributed by atoms with Gasteiger partial charge in [0.05, 0.1) is 6.10 Å². The van der Waals surface area contributed by atoms with Crippen LogP contribution < -0.4 is 5.32 Å². The minimum atomic E-state index is -0.845. The van der Waals surface area contributed by atoms with Crippen molar-refractivity contribution in [2.75, 3.05) is 0 Å². The minimum Gasteiger partial charge on any atom is -0.481 e. The first-order chi connectivity index (χ1) is 8.97. The third-order valence-corrected chi connectivity index (χ3v) is 4.10. The lowest BCUT2D eigenvalue weighted by molar-refractivity contribution is -0.137. The van der Waals surface area contributed by atoms with E-state index in [-0.39, 0.29) is 36.7 Å². The molecule has 0 radical (unpaired) electrons. The van der Waals surface area contributed by atoms with Crippen molar-refractivity contribution in [1.29, 1.82) is 0 Å². The molecule has 2 saturated heterocycles. The molecule has 3 N–H and O–H groups in total. The summed E-state index contributed by atoms with van der Waals surface area (Å²) in [7, 11) is 0. The van der Waals surface area contributed by atoms with Crippen molar-refractivity contribution in [1.82, 2.24) is 10.2 Å². The van der Waals surface area contributed by atoms with Gasteiger partial charge in [0.25, 0.3) is 0 Å². The molecular weight excluding hydrogens is 248 g/mol. The van der Waals surface area contributed by atoms with Crippen molar-refractivity contribution in [2.24, 2.45) is 0 Å². The molecule has 3 unspecified atom stereocenters. The number of carbonyl (C=O) groups excluding carboxylic acids is 1. The third kappa shape index (κ3) is 3.37. The summed E-state index contributed by atoms with van der Waals surface area (Å²) in [5.74, 6) is -0.845. The molecule has 0 aromatic carbocycles. The molecule has 2 heterocycles. The molecule has 3 atom stereocenters. The zero-order valence-corrected chi connectivity index (χ0v) is 11.2. The van der Waals surface area contributed by atoms with Crippen molar-refractivity contribution in [2.45, 2.75) is 69.7 Å². The number of amides is 2. The molecule has 0 aromatic heterocycles. The molecule has 2 aliphatic rings. The van der Waals surface area contributed by atoms with Crippen LogP contribution >= 0.6 is 0 Å². The Morgan fingerprint density at radius 3 is 2.42 bits per heavy atom. The Hall–Kier alpha value is -1.30. The molecule has 2 fully saturated rings. The van der Waals surface area contributed by atoms with E-state index < -0.39 is 5.97 Å². The van der Waals surface area contributed by atoms with E-state index in [0.29, 0.717) is 19.3 Å². The first-order valence-corrected chi connectivity index (χ1v) is 6.96. The van der Waals surface area contributed by atoms with Crippen LogP contribution in [0.2, 0.25) is 0 Å². The highest BCUT2D eigenvalue weighted by atomic mass is 16.4. The standard InChI is InChI=1S/C13H22N2O4/c1-8(2-5-12(17)18)14-13(19)15-9-3-4-10(15)7-11(16)6-9/h8-11,16H,2-7H2,1H3,(H,14,19)(H,17,18). The highest BCUT2D eigenvalue weighted by molar-refractivity contribution is 5.76. The van der Waals surface area contributed by atoms with Crippen LogP contribution in [0.25, 0.3) is 0 Å². The number of aliphatic hydroxyl groups excluding tert-OH is 1. The number of hydrogen-bond acceptors (Lipinski definition) is 3. The van der Waals surface area contributed by atoms with Gasteiger partial charge in [-0.15, -0.1) is 0 Å². The highest BCUT2D eigenvalue weighted by Crippen LogP contribution is 2.35. The van der Waals surface area contributed by atoms with Gasteiger partial charge in [0.2, 0.25) is 0 Å². The van der Waals surface area contributed by atoms with Crippen molar-refractivity contribution < 1.29 is 19.8 Å². The Balaban J connectivity index is 1.85. The summed E-state index contributed by atoms with van der Waals surface area (Å²) in [5, 5.41) is 21.2. The van der Waals surface area contributed by atoms with Gasteiger partial charge in [0, 0.05) is 24.5 Å². The van der Waals surface area contributed by atoms with Crippen molar-refractivity contribution >= 4 is 12.0 Å². The Kier molecular flexibility index (Phi) is 4.29. The first-order valence-electron chi connectivity index (χ1n) is 6.96. The normalized spacial score (nSPS) is 31.1. The Labute approximate surface area is 112 Å². The molecule has 6 nitrogen and oxygen atoms in total. The summed E-state index contributed by atoms with van der Waals surface area (Å²) in [6.07, 6.45) is 3.45. The molecule has 2 amide bonds. The van der Waals surface area contributed by atoms with Gasteiger partial charge in [-0.3, -0.25) is 4.79 Å². The number of fused-ring (bicyclic) bond motifs is 2. The Morgan fingerprint density at radius 1 is 1.32 bits per heavy atom. The van der Waals surface area contributed by atoms with Crippen LogP contribution in [0.15, 0.2) is 0 Å². The van der Waals surface area contributed by atoms with E-state index in [9.17, 15) is 14.7 Å². The lowest BCUT2D eigenvalue weighted by atomic mass is 10.0. The van der Waals surface area contributed by atoms with Crippen LogP contribution in [-0.4, -0.2) is 51.3 Å². The average molecular weight is 270 g/mol. The summed E-state index contributed by atoms with van der Waals surface area (Å²) >= 11 is 0. The van der Waals surface area contributed by atoms with E-state index in [1.807, 2.05) is 11.8 Å². The molecule has 0 aromatic rings. The number of aliphatic hydroxyl groups is 1. The number of carboxylic acid groups (broad SMARTS) is 1.